The average Bonchev–Trinajstić information content (AvgIpc) is 2.98. The molecule has 2 fully saturated rings. The fraction of sp³-hybridized carbons (Fsp3) is 0.333. The van der Waals surface area contributed by atoms with E-state index in [9.17, 15) is 9.59 Å². The number of nitriles is 1. The van der Waals surface area contributed by atoms with Gasteiger partial charge in [0.05, 0.1) is 30.4 Å². The van der Waals surface area contributed by atoms with Crippen molar-refractivity contribution in [3.8, 4) is 6.07 Å². The number of benzene rings is 2. The van der Waals surface area contributed by atoms with Crippen molar-refractivity contribution in [2.75, 3.05) is 49.6 Å². The Kier molecular flexibility index (Phi) is 7.66. The van der Waals surface area contributed by atoms with Crippen LogP contribution in [0.2, 0.25) is 0 Å². The lowest BCUT2D eigenvalue weighted by Crippen LogP contribution is -2.38. The van der Waals surface area contributed by atoms with Crippen LogP contribution in [0.3, 0.4) is 0 Å². The maximum atomic E-state index is 13.3. The molecule has 0 bridgehead atoms. The second kappa shape index (κ2) is 11.4. The molecule has 2 aromatic carbocycles. The molecule has 1 aromatic heterocycles. The van der Waals surface area contributed by atoms with E-state index in [2.05, 4.69) is 21.3 Å². The summed E-state index contributed by atoms with van der Waals surface area (Å²) in [7, 11) is 0. The van der Waals surface area contributed by atoms with E-state index in [0.29, 0.717) is 54.6 Å². The van der Waals surface area contributed by atoms with Crippen LogP contribution in [0.25, 0.3) is 0 Å². The summed E-state index contributed by atoms with van der Waals surface area (Å²) in [5, 5.41) is 12.0. The van der Waals surface area contributed by atoms with Gasteiger partial charge in [0.1, 0.15) is 5.82 Å². The van der Waals surface area contributed by atoms with E-state index >= 15 is 0 Å². The van der Waals surface area contributed by atoms with Crippen molar-refractivity contribution in [1.82, 2.24) is 9.88 Å². The van der Waals surface area contributed by atoms with Crippen molar-refractivity contribution in [2.45, 2.75) is 25.7 Å². The van der Waals surface area contributed by atoms with Crippen molar-refractivity contribution in [1.29, 1.82) is 5.26 Å². The van der Waals surface area contributed by atoms with Gasteiger partial charge in [-0.2, -0.15) is 5.26 Å². The molecule has 2 amide bonds. The van der Waals surface area contributed by atoms with Crippen molar-refractivity contribution < 1.29 is 14.3 Å². The average molecular weight is 510 g/mol. The summed E-state index contributed by atoms with van der Waals surface area (Å²) in [6.45, 7) is 6.16. The Morgan fingerprint density at radius 2 is 1.68 bits per heavy atom. The zero-order valence-corrected chi connectivity index (χ0v) is 21.5. The van der Waals surface area contributed by atoms with Crippen LogP contribution in [0.15, 0.2) is 60.8 Å². The standard InChI is InChI=1S/C30H31N5O3/c1-21-2-5-25(30(37)35-12-10-24(11-13-35)23-6-3-22(19-31)4-7-23)18-27(21)33-29(36)26-8-9-28(32-20-26)34-14-16-38-17-15-34/h2-9,18,20,24H,10-17H2,1H3,(H,33,36). The fourth-order valence-corrected chi connectivity index (χ4v) is 5.01. The van der Waals surface area contributed by atoms with Gasteiger partial charge in [-0.3, -0.25) is 9.59 Å². The van der Waals surface area contributed by atoms with Crippen LogP contribution in [-0.4, -0.2) is 61.1 Å². The second-order valence-electron chi connectivity index (χ2n) is 9.79. The van der Waals surface area contributed by atoms with Crippen molar-refractivity contribution in [2.24, 2.45) is 0 Å². The first-order valence-electron chi connectivity index (χ1n) is 13.0. The number of pyridine rings is 1. The van der Waals surface area contributed by atoms with E-state index in [4.69, 9.17) is 10.00 Å². The molecule has 1 N–H and O–H groups in total. The van der Waals surface area contributed by atoms with Crippen LogP contribution < -0.4 is 10.2 Å². The maximum Gasteiger partial charge on any atom is 0.257 e. The molecule has 0 atom stereocenters. The SMILES string of the molecule is Cc1ccc(C(=O)N2CCC(c3ccc(C#N)cc3)CC2)cc1NC(=O)c1ccc(N2CCOCC2)nc1. The number of anilines is 2. The Morgan fingerprint density at radius 1 is 0.974 bits per heavy atom. The van der Waals surface area contributed by atoms with E-state index in [1.165, 1.54) is 5.56 Å². The number of morpholine rings is 1. The molecule has 0 spiro atoms. The predicted octanol–water partition coefficient (Wildman–Crippen LogP) is 4.37. The van der Waals surface area contributed by atoms with Gasteiger partial charge >= 0.3 is 0 Å². The first-order valence-corrected chi connectivity index (χ1v) is 13.0. The highest BCUT2D eigenvalue weighted by atomic mass is 16.5. The molecule has 2 saturated heterocycles. The van der Waals surface area contributed by atoms with Gasteiger partial charge in [0.25, 0.3) is 11.8 Å². The molecule has 8 heteroatoms. The van der Waals surface area contributed by atoms with Crippen molar-refractivity contribution in [3.05, 3.63) is 88.6 Å². The number of nitrogens with zero attached hydrogens (tertiary/aromatic N) is 4. The van der Waals surface area contributed by atoms with E-state index in [1.807, 2.05) is 54.3 Å². The third-order valence-electron chi connectivity index (χ3n) is 7.37. The smallest absolute Gasteiger partial charge is 0.257 e. The molecule has 5 rings (SSSR count). The molecule has 0 saturated carbocycles. The van der Waals surface area contributed by atoms with E-state index in [-0.39, 0.29) is 11.8 Å². The van der Waals surface area contributed by atoms with Crippen LogP contribution in [0, 0.1) is 18.3 Å². The number of carbonyl (C=O) groups excluding carboxylic acids is 2. The number of nitrogens with one attached hydrogen (secondary N) is 1. The minimum Gasteiger partial charge on any atom is -0.378 e. The van der Waals surface area contributed by atoms with Crippen LogP contribution >= 0.6 is 0 Å². The molecule has 38 heavy (non-hydrogen) atoms. The number of ether oxygens (including phenoxy) is 1. The second-order valence-corrected chi connectivity index (χ2v) is 9.79. The number of aryl methyl sites for hydroxylation is 1. The quantitative estimate of drug-likeness (QED) is 0.548. The minimum absolute atomic E-state index is 0.0321. The molecular weight excluding hydrogens is 478 g/mol. The highest BCUT2D eigenvalue weighted by Gasteiger charge is 2.25. The molecule has 8 nitrogen and oxygen atoms in total. The molecule has 2 aliphatic heterocycles. The van der Waals surface area contributed by atoms with Gasteiger partial charge in [0.2, 0.25) is 0 Å². The normalized spacial score (nSPS) is 16.1. The highest BCUT2D eigenvalue weighted by molar-refractivity contribution is 6.05. The number of likely N-dealkylation sites (tertiary alicyclic amines) is 1. The molecule has 3 aromatic rings. The minimum atomic E-state index is -0.262. The first-order chi connectivity index (χ1) is 18.5. The Morgan fingerprint density at radius 3 is 2.34 bits per heavy atom. The number of amides is 2. The van der Waals surface area contributed by atoms with Crippen LogP contribution in [0.1, 0.15) is 56.2 Å². The lowest BCUT2D eigenvalue weighted by molar-refractivity contribution is 0.0712. The largest absolute Gasteiger partial charge is 0.378 e. The molecule has 0 radical (unpaired) electrons. The van der Waals surface area contributed by atoms with Gasteiger partial charge in [0.15, 0.2) is 0 Å². The number of rotatable bonds is 5. The topological polar surface area (TPSA) is 98.6 Å². The van der Waals surface area contributed by atoms with Crippen molar-refractivity contribution >= 4 is 23.3 Å². The van der Waals surface area contributed by atoms with E-state index < -0.39 is 0 Å². The summed E-state index contributed by atoms with van der Waals surface area (Å²) in [4.78, 5) is 34.7. The van der Waals surface area contributed by atoms with E-state index in [1.54, 1.807) is 18.3 Å². The Labute approximate surface area is 222 Å². The van der Waals surface area contributed by atoms with Gasteiger partial charge in [-0.15, -0.1) is 0 Å². The molecule has 2 aliphatic rings. The number of carbonyl (C=O) groups is 2. The van der Waals surface area contributed by atoms with Gasteiger partial charge in [0, 0.05) is 43.6 Å². The van der Waals surface area contributed by atoms with Gasteiger partial charge in [-0.05, 0) is 73.2 Å². The summed E-state index contributed by atoms with van der Waals surface area (Å²) in [6.07, 6.45) is 3.34. The lowest BCUT2D eigenvalue weighted by Gasteiger charge is -2.32. The Bertz CT molecular complexity index is 1330. The van der Waals surface area contributed by atoms with Gasteiger partial charge in [-0.1, -0.05) is 18.2 Å². The number of piperidine rings is 1. The third kappa shape index (κ3) is 5.68. The van der Waals surface area contributed by atoms with Gasteiger partial charge in [-0.25, -0.2) is 4.98 Å². The molecular formula is C30H31N5O3. The number of hydrogen-bond acceptors (Lipinski definition) is 6. The lowest BCUT2D eigenvalue weighted by atomic mass is 9.89. The molecule has 194 valence electrons. The predicted molar refractivity (Wildman–Crippen MR) is 145 cm³/mol. The summed E-state index contributed by atoms with van der Waals surface area (Å²) in [5.74, 6) is 0.914. The fourth-order valence-electron chi connectivity index (χ4n) is 5.01. The summed E-state index contributed by atoms with van der Waals surface area (Å²) in [6, 6.07) is 19.0. The third-order valence-corrected chi connectivity index (χ3v) is 7.37. The molecule has 0 unspecified atom stereocenters. The zero-order valence-electron chi connectivity index (χ0n) is 21.5. The summed E-state index contributed by atoms with van der Waals surface area (Å²) >= 11 is 0. The van der Waals surface area contributed by atoms with Crippen LogP contribution in [0.4, 0.5) is 11.5 Å². The van der Waals surface area contributed by atoms with Crippen LogP contribution in [0.5, 0.6) is 0 Å². The number of aromatic nitrogens is 1. The monoisotopic (exact) mass is 509 g/mol. The highest BCUT2D eigenvalue weighted by Crippen LogP contribution is 2.29. The first kappa shape index (κ1) is 25.4. The Hall–Kier alpha value is -4.22. The van der Waals surface area contributed by atoms with E-state index in [0.717, 1.165) is 37.3 Å². The molecule has 0 aliphatic carbocycles. The van der Waals surface area contributed by atoms with Crippen LogP contribution in [-0.2, 0) is 4.74 Å². The zero-order chi connectivity index (χ0) is 26.5. The van der Waals surface area contributed by atoms with Gasteiger partial charge < -0.3 is 19.9 Å². The Balaban J connectivity index is 1.21. The number of hydrogen-bond donors (Lipinski definition) is 1. The maximum absolute atomic E-state index is 13.3. The molecule has 3 heterocycles. The summed E-state index contributed by atoms with van der Waals surface area (Å²) in [5.41, 5.74) is 4.39. The van der Waals surface area contributed by atoms with Crippen molar-refractivity contribution in [3.63, 3.8) is 0 Å². The summed E-state index contributed by atoms with van der Waals surface area (Å²) < 4.78 is 5.39.